The lowest BCUT2D eigenvalue weighted by Gasteiger charge is -2.06. The van der Waals surface area contributed by atoms with Crippen molar-refractivity contribution in [2.24, 2.45) is 0 Å². The van der Waals surface area contributed by atoms with E-state index in [1.807, 2.05) is 46.5 Å². The average Bonchev–Trinajstić information content (AvgIpc) is 3.33. The SMILES string of the molecule is CCc1cc(-c2nccn2-c2ccc3c(c2)ncn3CCO)on1. The maximum absolute atomic E-state index is 9.11. The molecule has 0 saturated heterocycles. The number of hydrogen-bond donors (Lipinski definition) is 1. The van der Waals surface area contributed by atoms with Gasteiger partial charge in [0.05, 0.1) is 29.7 Å². The molecule has 0 aliphatic carbocycles. The summed E-state index contributed by atoms with van der Waals surface area (Å²) in [6.45, 7) is 2.65. The van der Waals surface area contributed by atoms with Gasteiger partial charge in [0.25, 0.3) is 0 Å². The Labute approximate surface area is 138 Å². The number of aromatic nitrogens is 5. The van der Waals surface area contributed by atoms with Crippen molar-refractivity contribution in [2.75, 3.05) is 6.61 Å². The van der Waals surface area contributed by atoms with Crippen LogP contribution in [0.4, 0.5) is 0 Å². The molecular weight excluding hydrogens is 306 g/mol. The molecule has 0 unspecified atom stereocenters. The van der Waals surface area contributed by atoms with Crippen LogP contribution in [0.1, 0.15) is 12.6 Å². The summed E-state index contributed by atoms with van der Waals surface area (Å²) in [7, 11) is 0. The monoisotopic (exact) mass is 323 g/mol. The summed E-state index contributed by atoms with van der Waals surface area (Å²) in [6, 6.07) is 7.90. The molecule has 0 radical (unpaired) electrons. The van der Waals surface area contributed by atoms with E-state index in [2.05, 4.69) is 15.1 Å². The lowest BCUT2D eigenvalue weighted by molar-refractivity contribution is 0.278. The van der Waals surface area contributed by atoms with Crippen LogP contribution in [-0.2, 0) is 13.0 Å². The summed E-state index contributed by atoms with van der Waals surface area (Å²) in [5, 5.41) is 13.1. The third kappa shape index (κ3) is 2.39. The van der Waals surface area contributed by atoms with Crippen molar-refractivity contribution >= 4 is 11.0 Å². The molecule has 1 aromatic carbocycles. The molecule has 0 aliphatic rings. The summed E-state index contributed by atoms with van der Waals surface area (Å²) in [4.78, 5) is 8.81. The van der Waals surface area contributed by atoms with Crippen LogP contribution in [-0.4, -0.2) is 36.0 Å². The van der Waals surface area contributed by atoms with Crippen molar-refractivity contribution in [3.8, 4) is 17.3 Å². The van der Waals surface area contributed by atoms with E-state index in [0.717, 1.165) is 28.8 Å². The molecule has 0 spiro atoms. The minimum Gasteiger partial charge on any atom is -0.395 e. The second kappa shape index (κ2) is 5.93. The Morgan fingerprint density at radius 3 is 2.92 bits per heavy atom. The van der Waals surface area contributed by atoms with Gasteiger partial charge in [-0.25, -0.2) is 9.97 Å². The molecule has 122 valence electrons. The molecule has 0 fully saturated rings. The Hall–Kier alpha value is -2.93. The molecular formula is C17H17N5O2. The summed E-state index contributed by atoms with van der Waals surface area (Å²) in [5.74, 6) is 1.35. The van der Waals surface area contributed by atoms with Crippen LogP contribution in [0.25, 0.3) is 28.3 Å². The Balaban J connectivity index is 1.77. The number of aryl methyl sites for hydroxylation is 1. The first kappa shape index (κ1) is 14.6. The van der Waals surface area contributed by atoms with E-state index in [9.17, 15) is 0 Å². The van der Waals surface area contributed by atoms with Crippen molar-refractivity contribution in [1.82, 2.24) is 24.3 Å². The van der Waals surface area contributed by atoms with Gasteiger partial charge in [-0.15, -0.1) is 0 Å². The number of hydrogen-bond acceptors (Lipinski definition) is 5. The number of nitrogens with zero attached hydrogens (tertiary/aromatic N) is 5. The van der Waals surface area contributed by atoms with E-state index < -0.39 is 0 Å². The fourth-order valence-electron chi connectivity index (χ4n) is 2.77. The van der Waals surface area contributed by atoms with Gasteiger partial charge in [-0.1, -0.05) is 12.1 Å². The fraction of sp³-hybridized carbons (Fsp3) is 0.235. The number of aliphatic hydroxyl groups is 1. The highest BCUT2D eigenvalue weighted by Gasteiger charge is 2.14. The number of fused-ring (bicyclic) bond motifs is 1. The summed E-state index contributed by atoms with van der Waals surface area (Å²) >= 11 is 0. The van der Waals surface area contributed by atoms with E-state index in [-0.39, 0.29) is 6.61 Å². The normalized spacial score (nSPS) is 11.4. The van der Waals surface area contributed by atoms with Gasteiger partial charge in [0.1, 0.15) is 0 Å². The number of aliphatic hydroxyl groups excluding tert-OH is 1. The zero-order valence-corrected chi connectivity index (χ0v) is 13.3. The van der Waals surface area contributed by atoms with Gasteiger partial charge >= 0.3 is 0 Å². The van der Waals surface area contributed by atoms with Crippen LogP contribution in [0.15, 0.2) is 47.5 Å². The number of benzene rings is 1. The highest BCUT2D eigenvalue weighted by Crippen LogP contribution is 2.24. The first-order chi connectivity index (χ1) is 11.8. The second-order valence-electron chi connectivity index (χ2n) is 5.49. The molecule has 0 saturated carbocycles. The lowest BCUT2D eigenvalue weighted by Crippen LogP contribution is -2.00. The minimum absolute atomic E-state index is 0.0874. The van der Waals surface area contributed by atoms with E-state index >= 15 is 0 Å². The van der Waals surface area contributed by atoms with Gasteiger partial charge in [-0.2, -0.15) is 0 Å². The maximum atomic E-state index is 9.11. The Morgan fingerprint density at radius 1 is 1.21 bits per heavy atom. The number of imidazole rings is 2. The molecule has 0 aliphatic heterocycles. The van der Waals surface area contributed by atoms with E-state index in [1.54, 1.807) is 12.5 Å². The van der Waals surface area contributed by atoms with Crippen LogP contribution in [0.3, 0.4) is 0 Å². The highest BCUT2D eigenvalue weighted by atomic mass is 16.5. The van der Waals surface area contributed by atoms with Gasteiger partial charge in [0.15, 0.2) is 5.82 Å². The van der Waals surface area contributed by atoms with Crippen LogP contribution in [0.2, 0.25) is 0 Å². The highest BCUT2D eigenvalue weighted by molar-refractivity contribution is 5.78. The second-order valence-corrected chi connectivity index (χ2v) is 5.49. The quantitative estimate of drug-likeness (QED) is 0.610. The predicted molar refractivity (Wildman–Crippen MR) is 88.8 cm³/mol. The molecule has 0 atom stereocenters. The molecule has 4 rings (SSSR count). The van der Waals surface area contributed by atoms with Crippen molar-refractivity contribution in [1.29, 1.82) is 0 Å². The van der Waals surface area contributed by atoms with E-state index in [1.165, 1.54) is 0 Å². The van der Waals surface area contributed by atoms with Gasteiger partial charge in [0.2, 0.25) is 5.76 Å². The lowest BCUT2D eigenvalue weighted by atomic mass is 10.2. The minimum atomic E-state index is 0.0874. The van der Waals surface area contributed by atoms with Crippen molar-refractivity contribution < 1.29 is 9.63 Å². The van der Waals surface area contributed by atoms with Gasteiger partial charge < -0.3 is 14.2 Å². The Kier molecular flexibility index (Phi) is 3.62. The average molecular weight is 323 g/mol. The summed E-state index contributed by atoms with van der Waals surface area (Å²) in [6.07, 6.45) is 6.18. The molecule has 0 amide bonds. The molecule has 24 heavy (non-hydrogen) atoms. The standard InChI is InChI=1S/C17H17N5O2/c1-2-12-9-16(24-20-12)17-18-5-6-22(17)13-3-4-15-14(10-13)19-11-21(15)7-8-23/h3-6,9-11,23H,2,7-8H2,1H3. The predicted octanol–water partition coefficient (Wildman–Crippen LogP) is 2.43. The zero-order valence-electron chi connectivity index (χ0n) is 13.3. The van der Waals surface area contributed by atoms with Gasteiger partial charge in [-0.05, 0) is 24.6 Å². The molecule has 3 aromatic heterocycles. The molecule has 7 nitrogen and oxygen atoms in total. The third-order valence-electron chi connectivity index (χ3n) is 4.01. The van der Waals surface area contributed by atoms with E-state index in [4.69, 9.17) is 9.63 Å². The molecule has 1 N–H and O–H groups in total. The zero-order chi connectivity index (χ0) is 16.5. The van der Waals surface area contributed by atoms with Gasteiger partial charge in [-0.3, -0.25) is 4.57 Å². The smallest absolute Gasteiger partial charge is 0.202 e. The first-order valence-corrected chi connectivity index (χ1v) is 7.85. The van der Waals surface area contributed by atoms with Gasteiger partial charge in [0, 0.05) is 30.7 Å². The van der Waals surface area contributed by atoms with Crippen LogP contribution in [0.5, 0.6) is 0 Å². The van der Waals surface area contributed by atoms with Crippen LogP contribution < -0.4 is 0 Å². The van der Waals surface area contributed by atoms with Crippen molar-refractivity contribution in [3.63, 3.8) is 0 Å². The topological polar surface area (TPSA) is 81.9 Å². The molecule has 0 bridgehead atoms. The fourth-order valence-corrected chi connectivity index (χ4v) is 2.77. The maximum Gasteiger partial charge on any atom is 0.202 e. The Morgan fingerprint density at radius 2 is 2.12 bits per heavy atom. The van der Waals surface area contributed by atoms with Crippen LogP contribution >= 0.6 is 0 Å². The van der Waals surface area contributed by atoms with Crippen molar-refractivity contribution in [2.45, 2.75) is 19.9 Å². The third-order valence-corrected chi connectivity index (χ3v) is 4.01. The van der Waals surface area contributed by atoms with Crippen LogP contribution in [0, 0.1) is 0 Å². The first-order valence-electron chi connectivity index (χ1n) is 7.85. The van der Waals surface area contributed by atoms with Crippen molar-refractivity contribution in [3.05, 3.63) is 48.7 Å². The number of rotatable bonds is 5. The molecule has 7 heteroatoms. The molecule has 4 aromatic rings. The largest absolute Gasteiger partial charge is 0.395 e. The Bertz CT molecular complexity index is 982. The molecule has 3 heterocycles. The summed E-state index contributed by atoms with van der Waals surface area (Å²) in [5.41, 5.74) is 3.70. The summed E-state index contributed by atoms with van der Waals surface area (Å²) < 4.78 is 9.28. The van der Waals surface area contributed by atoms with E-state index in [0.29, 0.717) is 18.1 Å².